The second-order valence-electron chi connectivity index (χ2n) is 5.07. The monoisotopic (exact) mass is 261 g/mol. The van der Waals surface area contributed by atoms with Crippen molar-refractivity contribution in [1.29, 1.82) is 0 Å². The Bertz CT molecular complexity index is 423. The van der Waals surface area contributed by atoms with Gasteiger partial charge >= 0.3 is 0 Å². The van der Waals surface area contributed by atoms with Crippen molar-refractivity contribution in [2.24, 2.45) is 11.7 Å². The van der Waals surface area contributed by atoms with Gasteiger partial charge in [0.2, 0.25) is 5.91 Å². The minimum atomic E-state index is -0.101. The van der Waals surface area contributed by atoms with Crippen LogP contribution in [0.5, 0.6) is 0 Å². The molecular weight excluding hydrogens is 238 g/mol. The lowest BCUT2D eigenvalue weighted by atomic mass is 10.1. The number of nitrogens with one attached hydrogen (secondary N) is 1. The molecule has 0 bridgehead atoms. The van der Waals surface area contributed by atoms with Gasteiger partial charge in [0.25, 0.3) is 0 Å². The lowest BCUT2D eigenvalue weighted by Crippen LogP contribution is -2.28. The number of amides is 1. The van der Waals surface area contributed by atoms with Crippen molar-refractivity contribution in [3.8, 4) is 0 Å². The highest BCUT2D eigenvalue weighted by Crippen LogP contribution is 2.23. The molecule has 0 saturated carbocycles. The van der Waals surface area contributed by atoms with E-state index in [0.717, 1.165) is 25.2 Å². The van der Waals surface area contributed by atoms with Gasteiger partial charge in [0, 0.05) is 31.0 Å². The third-order valence-corrected chi connectivity index (χ3v) is 3.73. The molecule has 1 aliphatic rings. The van der Waals surface area contributed by atoms with Crippen LogP contribution in [-0.4, -0.2) is 25.5 Å². The predicted octanol–water partition coefficient (Wildman–Crippen LogP) is 2.21. The predicted molar refractivity (Wildman–Crippen MR) is 79.4 cm³/mol. The Labute approximate surface area is 115 Å². The van der Waals surface area contributed by atoms with Crippen LogP contribution in [0.3, 0.4) is 0 Å². The van der Waals surface area contributed by atoms with Crippen LogP contribution in [0.4, 0.5) is 11.4 Å². The van der Waals surface area contributed by atoms with Gasteiger partial charge < -0.3 is 16.0 Å². The number of carbonyl (C=O) groups is 1. The first-order chi connectivity index (χ1) is 9.24. The molecule has 1 atom stereocenters. The second-order valence-corrected chi connectivity index (χ2v) is 5.07. The van der Waals surface area contributed by atoms with Gasteiger partial charge in [-0.25, -0.2) is 0 Å². The third-order valence-electron chi connectivity index (χ3n) is 3.73. The molecular formula is C15H23N3O. The van der Waals surface area contributed by atoms with Crippen molar-refractivity contribution >= 4 is 17.3 Å². The topological polar surface area (TPSA) is 58.4 Å². The number of nitrogens with two attached hydrogens (primary N) is 1. The Morgan fingerprint density at radius 1 is 1.42 bits per heavy atom. The molecule has 1 aromatic rings. The first-order valence-corrected chi connectivity index (χ1v) is 7.10. The summed E-state index contributed by atoms with van der Waals surface area (Å²) in [4.78, 5) is 14.4. The van der Waals surface area contributed by atoms with E-state index in [1.807, 2.05) is 25.1 Å². The highest BCUT2D eigenvalue weighted by atomic mass is 16.1. The highest BCUT2D eigenvalue weighted by molar-refractivity contribution is 5.93. The van der Waals surface area contributed by atoms with E-state index in [0.29, 0.717) is 6.54 Å². The third kappa shape index (κ3) is 3.47. The van der Waals surface area contributed by atoms with Crippen LogP contribution in [0.2, 0.25) is 0 Å². The molecule has 0 aromatic heterocycles. The summed E-state index contributed by atoms with van der Waals surface area (Å²) in [5.41, 5.74) is 7.65. The maximum Gasteiger partial charge on any atom is 0.228 e. The van der Waals surface area contributed by atoms with E-state index in [1.165, 1.54) is 18.5 Å². The molecule has 0 radical (unpaired) electrons. The van der Waals surface area contributed by atoms with Gasteiger partial charge in [-0.1, -0.05) is 13.0 Å². The Morgan fingerprint density at radius 3 is 2.79 bits per heavy atom. The number of rotatable bonds is 5. The van der Waals surface area contributed by atoms with Crippen LogP contribution in [0.25, 0.3) is 0 Å². The number of benzene rings is 1. The van der Waals surface area contributed by atoms with E-state index in [4.69, 9.17) is 5.73 Å². The van der Waals surface area contributed by atoms with Gasteiger partial charge in [0.1, 0.15) is 0 Å². The molecule has 1 amide bonds. The van der Waals surface area contributed by atoms with E-state index in [-0.39, 0.29) is 11.8 Å². The molecule has 19 heavy (non-hydrogen) atoms. The fraction of sp³-hybridized carbons (Fsp3) is 0.533. The Hall–Kier alpha value is -1.55. The van der Waals surface area contributed by atoms with Gasteiger partial charge in [-0.15, -0.1) is 0 Å². The van der Waals surface area contributed by atoms with Crippen LogP contribution in [0.15, 0.2) is 24.3 Å². The maximum atomic E-state index is 12.0. The van der Waals surface area contributed by atoms with Crippen molar-refractivity contribution < 1.29 is 4.79 Å². The quantitative estimate of drug-likeness (QED) is 0.854. The average molecular weight is 261 g/mol. The van der Waals surface area contributed by atoms with Gasteiger partial charge in [0.05, 0.1) is 5.92 Å². The number of hydrogen-bond acceptors (Lipinski definition) is 3. The molecule has 3 N–H and O–H groups in total. The molecule has 2 rings (SSSR count). The number of nitrogens with zero attached hydrogens (tertiary/aromatic N) is 1. The summed E-state index contributed by atoms with van der Waals surface area (Å²) < 4.78 is 0. The zero-order valence-corrected chi connectivity index (χ0v) is 11.6. The van der Waals surface area contributed by atoms with Crippen LogP contribution in [0, 0.1) is 5.92 Å². The molecule has 1 fully saturated rings. The molecule has 1 heterocycles. The normalized spacial score (nSPS) is 16.4. The number of anilines is 2. The lowest BCUT2D eigenvalue weighted by molar-refractivity contribution is -0.119. The van der Waals surface area contributed by atoms with Crippen LogP contribution in [0.1, 0.15) is 26.2 Å². The summed E-state index contributed by atoms with van der Waals surface area (Å²) in [5.74, 6) is -0.0842. The zero-order chi connectivity index (χ0) is 13.7. The zero-order valence-electron chi connectivity index (χ0n) is 11.6. The second kappa shape index (κ2) is 6.57. The van der Waals surface area contributed by atoms with Crippen LogP contribution >= 0.6 is 0 Å². The standard InChI is InChI=1S/C15H23N3O/c1-2-12(11-16)15(19)17-13-6-5-7-14(10-13)18-8-3-4-9-18/h5-7,10,12H,2-4,8-9,11,16H2,1H3,(H,17,19). The van der Waals surface area contributed by atoms with Gasteiger partial charge in [0.15, 0.2) is 0 Å². The Kier molecular flexibility index (Phi) is 4.80. The highest BCUT2D eigenvalue weighted by Gasteiger charge is 2.16. The molecule has 104 valence electrons. The molecule has 1 unspecified atom stereocenters. The fourth-order valence-electron chi connectivity index (χ4n) is 2.46. The summed E-state index contributed by atoms with van der Waals surface area (Å²) >= 11 is 0. The van der Waals surface area contributed by atoms with E-state index in [1.54, 1.807) is 0 Å². The SMILES string of the molecule is CCC(CN)C(=O)Nc1cccc(N2CCCC2)c1. The summed E-state index contributed by atoms with van der Waals surface area (Å²) in [6, 6.07) is 8.07. The van der Waals surface area contributed by atoms with Crippen molar-refractivity contribution in [2.45, 2.75) is 26.2 Å². The van der Waals surface area contributed by atoms with Crippen LogP contribution < -0.4 is 16.0 Å². The molecule has 1 aliphatic heterocycles. The summed E-state index contributed by atoms with van der Waals surface area (Å²) in [7, 11) is 0. The molecule has 1 saturated heterocycles. The molecule has 0 aliphatic carbocycles. The molecule has 4 nitrogen and oxygen atoms in total. The fourth-order valence-corrected chi connectivity index (χ4v) is 2.46. The van der Waals surface area contributed by atoms with Gasteiger partial charge in [-0.3, -0.25) is 4.79 Å². The smallest absolute Gasteiger partial charge is 0.228 e. The van der Waals surface area contributed by atoms with Gasteiger partial charge in [-0.2, -0.15) is 0 Å². The van der Waals surface area contributed by atoms with Crippen molar-refractivity contribution in [1.82, 2.24) is 0 Å². The van der Waals surface area contributed by atoms with Crippen molar-refractivity contribution in [3.63, 3.8) is 0 Å². The maximum absolute atomic E-state index is 12.0. The largest absolute Gasteiger partial charge is 0.371 e. The average Bonchev–Trinajstić information content (AvgIpc) is 2.94. The van der Waals surface area contributed by atoms with E-state index in [2.05, 4.69) is 16.3 Å². The first kappa shape index (κ1) is 13.9. The Morgan fingerprint density at radius 2 is 2.16 bits per heavy atom. The van der Waals surface area contributed by atoms with Crippen molar-refractivity contribution in [3.05, 3.63) is 24.3 Å². The summed E-state index contributed by atoms with van der Waals surface area (Å²) in [6.07, 6.45) is 3.28. The van der Waals surface area contributed by atoms with Crippen LogP contribution in [-0.2, 0) is 4.79 Å². The van der Waals surface area contributed by atoms with E-state index < -0.39 is 0 Å². The summed E-state index contributed by atoms with van der Waals surface area (Å²) in [5, 5.41) is 2.96. The van der Waals surface area contributed by atoms with E-state index >= 15 is 0 Å². The van der Waals surface area contributed by atoms with E-state index in [9.17, 15) is 4.79 Å². The molecule has 0 spiro atoms. The lowest BCUT2D eigenvalue weighted by Gasteiger charge is -2.19. The summed E-state index contributed by atoms with van der Waals surface area (Å²) in [6.45, 7) is 4.60. The Balaban J connectivity index is 2.04. The minimum absolute atomic E-state index is 0.0172. The minimum Gasteiger partial charge on any atom is -0.371 e. The molecule has 1 aromatic carbocycles. The number of hydrogen-bond donors (Lipinski definition) is 2. The molecule has 4 heteroatoms. The van der Waals surface area contributed by atoms with Crippen molar-refractivity contribution in [2.75, 3.05) is 29.9 Å². The first-order valence-electron chi connectivity index (χ1n) is 7.10. The number of carbonyl (C=O) groups excluding carboxylic acids is 1. The van der Waals surface area contributed by atoms with Gasteiger partial charge in [-0.05, 0) is 37.5 Å².